The lowest BCUT2D eigenvalue weighted by molar-refractivity contribution is -0.122. The molecule has 0 aliphatic heterocycles. The minimum absolute atomic E-state index is 0.322. The minimum atomic E-state index is -0.665. The van der Waals surface area contributed by atoms with Gasteiger partial charge >= 0.3 is 0 Å². The monoisotopic (exact) mass is 273 g/mol. The molecule has 0 saturated heterocycles. The lowest BCUT2D eigenvalue weighted by atomic mass is 10.2. The third-order valence-electron chi connectivity index (χ3n) is 2.86. The first-order valence-corrected chi connectivity index (χ1v) is 6.35. The lowest BCUT2D eigenvalue weighted by Crippen LogP contribution is -2.30. The van der Waals surface area contributed by atoms with Crippen LogP contribution in [-0.2, 0) is 4.79 Å². The zero-order valence-electron chi connectivity index (χ0n) is 11.4. The number of halogens is 1. The van der Waals surface area contributed by atoms with Gasteiger partial charge in [0.1, 0.15) is 11.6 Å². The Morgan fingerprint density at radius 1 is 1.20 bits per heavy atom. The summed E-state index contributed by atoms with van der Waals surface area (Å²) < 4.78 is 18.9. The number of nitrogens with one attached hydrogen (secondary N) is 1. The zero-order chi connectivity index (χ0) is 14.5. The van der Waals surface area contributed by atoms with E-state index in [-0.39, 0.29) is 11.7 Å². The second-order valence-electron chi connectivity index (χ2n) is 4.53. The topological polar surface area (TPSA) is 38.3 Å². The molecule has 0 radical (unpaired) electrons. The first kappa shape index (κ1) is 14.1. The van der Waals surface area contributed by atoms with E-state index >= 15 is 0 Å². The molecule has 1 N–H and O–H groups in total. The summed E-state index contributed by atoms with van der Waals surface area (Å²) in [5, 5.41) is 2.63. The number of para-hydroxylation sites is 1. The highest BCUT2D eigenvalue weighted by Gasteiger charge is 2.15. The van der Waals surface area contributed by atoms with Crippen LogP contribution >= 0.6 is 0 Å². The molecule has 2 aromatic rings. The van der Waals surface area contributed by atoms with Crippen molar-refractivity contribution in [3.63, 3.8) is 0 Å². The van der Waals surface area contributed by atoms with Gasteiger partial charge in [-0.1, -0.05) is 24.3 Å². The fourth-order valence-electron chi connectivity index (χ4n) is 1.67. The molecule has 0 saturated carbocycles. The molecule has 1 atom stereocenters. The summed E-state index contributed by atoms with van der Waals surface area (Å²) in [6.45, 7) is 3.31. The van der Waals surface area contributed by atoms with Crippen LogP contribution < -0.4 is 10.1 Å². The highest BCUT2D eigenvalue weighted by Crippen LogP contribution is 2.15. The molecule has 0 bridgehead atoms. The van der Waals surface area contributed by atoms with Crippen molar-refractivity contribution >= 4 is 11.6 Å². The number of ether oxygens (including phenoxy) is 1. The van der Waals surface area contributed by atoms with Crippen molar-refractivity contribution in [1.82, 2.24) is 0 Å². The number of anilines is 1. The first-order valence-electron chi connectivity index (χ1n) is 6.35. The van der Waals surface area contributed by atoms with Gasteiger partial charge in [0.25, 0.3) is 5.91 Å². The number of hydrogen-bond donors (Lipinski definition) is 1. The van der Waals surface area contributed by atoms with Crippen molar-refractivity contribution in [2.45, 2.75) is 20.0 Å². The van der Waals surface area contributed by atoms with Gasteiger partial charge in [-0.15, -0.1) is 0 Å². The van der Waals surface area contributed by atoms with Crippen molar-refractivity contribution in [2.75, 3.05) is 5.32 Å². The maximum atomic E-state index is 13.4. The van der Waals surface area contributed by atoms with E-state index in [1.165, 1.54) is 6.07 Å². The van der Waals surface area contributed by atoms with E-state index in [0.29, 0.717) is 17.0 Å². The summed E-state index contributed by atoms with van der Waals surface area (Å²) in [4.78, 5) is 12.0. The SMILES string of the molecule is Cc1ccc(NC(=O)[C@H](C)Oc2ccccc2)cc1F. The zero-order valence-corrected chi connectivity index (χ0v) is 11.4. The van der Waals surface area contributed by atoms with E-state index in [2.05, 4.69) is 5.32 Å². The van der Waals surface area contributed by atoms with Crippen LogP contribution in [0, 0.1) is 12.7 Å². The molecule has 4 heteroatoms. The van der Waals surface area contributed by atoms with E-state index in [0.717, 1.165) is 0 Å². The van der Waals surface area contributed by atoms with E-state index < -0.39 is 6.10 Å². The van der Waals surface area contributed by atoms with Crippen molar-refractivity contribution in [1.29, 1.82) is 0 Å². The van der Waals surface area contributed by atoms with Crippen LogP contribution in [0.2, 0.25) is 0 Å². The quantitative estimate of drug-likeness (QED) is 0.925. The molecular weight excluding hydrogens is 257 g/mol. The predicted octanol–water partition coefficient (Wildman–Crippen LogP) is 3.54. The van der Waals surface area contributed by atoms with Crippen molar-refractivity contribution in [3.8, 4) is 5.75 Å². The second-order valence-corrected chi connectivity index (χ2v) is 4.53. The van der Waals surface area contributed by atoms with E-state index in [1.54, 1.807) is 38.1 Å². The Labute approximate surface area is 117 Å². The smallest absolute Gasteiger partial charge is 0.265 e. The van der Waals surface area contributed by atoms with Gasteiger partial charge in [-0.3, -0.25) is 4.79 Å². The maximum absolute atomic E-state index is 13.4. The first-order chi connectivity index (χ1) is 9.56. The van der Waals surface area contributed by atoms with Crippen LogP contribution in [0.3, 0.4) is 0 Å². The summed E-state index contributed by atoms with van der Waals surface area (Å²) in [5.74, 6) is -0.0539. The molecule has 0 aliphatic carbocycles. The van der Waals surface area contributed by atoms with Gasteiger partial charge in [0.2, 0.25) is 0 Å². The fourth-order valence-corrected chi connectivity index (χ4v) is 1.67. The molecule has 20 heavy (non-hydrogen) atoms. The van der Waals surface area contributed by atoms with Gasteiger partial charge in [-0.05, 0) is 43.7 Å². The summed E-state index contributed by atoms with van der Waals surface area (Å²) in [5.41, 5.74) is 0.957. The average Bonchev–Trinajstić information content (AvgIpc) is 2.44. The van der Waals surface area contributed by atoms with E-state index in [9.17, 15) is 9.18 Å². The van der Waals surface area contributed by atoms with Crippen LogP contribution in [0.15, 0.2) is 48.5 Å². The summed E-state index contributed by atoms with van der Waals surface area (Å²) in [6, 6.07) is 13.6. The van der Waals surface area contributed by atoms with Crippen molar-refractivity contribution < 1.29 is 13.9 Å². The molecule has 0 fully saturated rings. The number of rotatable bonds is 4. The van der Waals surface area contributed by atoms with E-state index in [1.807, 2.05) is 18.2 Å². The predicted molar refractivity (Wildman–Crippen MR) is 76.3 cm³/mol. The molecule has 1 amide bonds. The molecule has 3 nitrogen and oxygen atoms in total. The lowest BCUT2D eigenvalue weighted by Gasteiger charge is -2.14. The number of carbonyl (C=O) groups is 1. The van der Waals surface area contributed by atoms with Gasteiger partial charge < -0.3 is 10.1 Å². The minimum Gasteiger partial charge on any atom is -0.481 e. The third-order valence-corrected chi connectivity index (χ3v) is 2.86. The molecule has 2 aromatic carbocycles. The number of amides is 1. The number of hydrogen-bond acceptors (Lipinski definition) is 2. The molecular formula is C16H16FNO2. The highest BCUT2D eigenvalue weighted by molar-refractivity contribution is 5.94. The highest BCUT2D eigenvalue weighted by atomic mass is 19.1. The molecule has 104 valence electrons. The fraction of sp³-hybridized carbons (Fsp3) is 0.188. The molecule has 2 rings (SSSR count). The number of benzene rings is 2. The van der Waals surface area contributed by atoms with Gasteiger partial charge in [-0.25, -0.2) is 4.39 Å². The summed E-state index contributed by atoms with van der Waals surface area (Å²) in [7, 11) is 0. The van der Waals surface area contributed by atoms with E-state index in [4.69, 9.17) is 4.74 Å². The maximum Gasteiger partial charge on any atom is 0.265 e. The Kier molecular flexibility index (Phi) is 4.35. The van der Waals surface area contributed by atoms with Crippen molar-refractivity contribution in [2.24, 2.45) is 0 Å². The van der Waals surface area contributed by atoms with Gasteiger partial charge in [0.15, 0.2) is 6.10 Å². The Hall–Kier alpha value is -2.36. The Bertz CT molecular complexity index is 599. The Morgan fingerprint density at radius 2 is 1.90 bits per heavy atom. The summed E-state index contributed by atoms with van der Waals surface area (Å²) in [6.07, 6.45) is -0.665. The van der Waals surface area contributed by atoms with Crippen LogP contribution in [0.25, 0.3) is 0 Å². The molecule has 0 aromatic heterocycles. The van der Waals surface area contributed by atoms with Crippen LogP contribution in [-0.4, -0.2) is 12.0 Å². The van der Waals surface area contributed by atoms with Gasteiger partial charge in [-0.2, -0.15) is 0 Å². The summed E-state index contributed by atoms with van der Waals surface area (Å²) >= 11 is 0. The van der Waals surface area contributed by atoms with Crippen LogP contribution in [0.5, 0.6) is 5.75 Å². The van der Waals surface area contributed by atoms with Crippen LogP contribution in [0.1, 0.15) is 12.5 Å². The molecule has 0 spiro atoms. The standard InChI is InChI=1S/C16H16FNO2/c1-11-8-9-13(10-15(11)17)18-16(19)12(2)20-14-6-4-3-5-7-14/h3-10,12H,1-2H3,(H,18,19)/t12-/m0/s1. The normalized spacial score (nSPS) is 11.8. The van der Waals surface area contributed by atoms with Gasteiger partial charge in [0, 0.05) is 5.69 Å². The number of aryl methyl sites for hydroxylation is 1. The molecule has 0 unspecified atom stereocenters. The Balaban J connectivity index is 1.99. The third kappa shape index (κ3) is 3.57. The number of carbonyl (C=O) groups excluding carboxylic acids is 1. The van der Waals surface area contributed by atoms with Crippen LogP contribution in [0.4, 0.5) is 10.1 Å². The second kappa shape index (κ2) is 6.19. The Morgan fingerprint density at radius 3 is 2.55 bits per heavy atom. The van der Waals surface area contributed by atoms with Gasteiger partial charge in [0.05, 0.1) is 0 Å². The molecule has 0 heterocycles. The van der Waals surface area contributed by atoms with Crippen molar-refractivity contribution in [3.05, 3.63) is 59.9 Å². The molecule has 0 aliphatic rings. The largest absolute Gasteiger partial charge is 0.481 e. The average molecular weight is 273 g/mol.